The van der Waals surface area contributed by atoms with Crippen LogP contribution >= 0.6 is 0 Å². The third-order valence-electron chi connectivity index (χ3n) is 4.85. The molecule has 1 unspecified atom stereocenters. The fraction of sp³-hybridized carbons (Fsp3) is 0.444. The van der Waals surface area contributed by atoms with Crippen LogP contribution < -0.4 is 4.90 Å². The summed E-state index contributed by atoms with van der Waals surface area (Å²) in [5.74, 6) is 1.84. The molecule has 0 aromatic carbocycles. The molecule has 0 saturated carbocycles. The van der Waals surface area contributed by atoms with E-state index in [-0.39, 0.29) is 0 Å². The van der Waals surface area contributed by atoms with E-state index in [4.69, 9.17) is 0 Å². The summed E-state index contributed by atoms with van der Waals surface area (Å²) < 4.78 is 0. The number of carbonyl (C=O) groups is 1. The van der Waals surface area contributed by atoms with E-state index in [1.165, 1.54) is 10.5 Å². The standard InChI is InChI=1S/C18H24N6O/c1-10(2)11(3)6-14-12(4)22-23-16(14)18-20-15-7-13(24(5)9-25)8-19-17(15)21-18/h7-11H,6H2,1-5H3,(H,22,23)(H,19,20,21). The summed E-state index contributed by atoms with van der Waals surface area (Å²) in [6.45, 7) is 8.76. The number of H-pyrrole nitrogens is 2. The van der Waals surface area contributed by atoms with Crippen molar-refractivity contribution in [2.24, 2.45) is 11.8 Å². The molecule has 25 heavy (non-hydrogen) atoms. The number of pyridine rings is 1. The largest absolute Gasteiger partial charge is 0.335 e. The molecule has 1 amide bonds. The Kier molecular flexibility index (Phi) is 4.57. The zero-order valence-corrected chi connectivity index (χ0v) is 15.3. The summed E-state index contributed by atoms with van der Waals surface area (Å²) >= 11 is 0. The lowest BCUT2D eigenvalue weighted by molar-refractivity contribution is -0.107. The number of aromatic amines is 2. The number of nitrogens with zero attached hydrogens (tertiary/aromatic N) is 4. The van der Waals surface area contributed by atoms with Crippen molar-refractivity contribution in [1.29, 1.82) is 0 Å². The molecule has 0 bridgehead atoms. The maximum Gasteiger partial charge on any atom is 0.213 e. The molecule has 0 radical (unpaired) electrons. The Morgan fingerprint density at radius 2 is 2.08 bits per heavy atom. The highest BCUT2D eigenvalue weighted by Crippen LogP contribution is 2.28. The molecule has 0 aliphatic rings. The molecule has 3 aromatic heterocycles. The maximum atomic E-state index is 10.9. The SMILES string of the molecule is Cc1[nH]nc(-c2nc3ncc(N(C)C=O)cc3[nH]2)c1CC(C)C(C)C. The Balaban J connectivity index is 2.01. The van der Waals surface area contributed by atoms with E-state index < -0.39 is 0 Å². The van der Waals surface area contributed by atoms with E-state index in [9.17, 15) is 4.79 Å². The number of hydrogen-bond acceptors (Lipinski definition) is 4. The van der Waals surface area contributed by atoms with Crippen LogP contribution in [0.3, 0.4) is 0 Å². The van der Waals surface area contributed by atoms with Crippen LogP contribution in [0.1, 0.15) is 32.0 Å². The molecule has 3 aromatic rings. The minimum atomic E-state index is 0.547. The summed E-state index contributed by atoms with van der Waals surface area (Å²) in [4.78, 5) is 24.6. The van der Waals surface area contributed by atoms with E-state index in [2.05, 4.69) is 45.9 Å². The lowest BCUT2D eigenvalue weighted by Gasteiger charge is -2.15. The zero-order valence-electron chi connectivity index (χ0n) is 15.3. The minimum Gasteiger partial charge on any atom is -0.335 e. The first-order valence-corrected chi connectivity index (χ1v) is 8.48. The predicted molar refractivity (Wildman–Crippen MR) is 98.4 cm³/mol. The van der Waals surface area contributed by atoms with Gasteiger partial charge in [0.05, 0.1) is 17.4 Å². The van der Waals surface area contributed by atoms with Crippen LogP contribution in [-0.4, -0.2) is 38.6 Å². The van der Waals surface area contributed by atoms with Gasteiger partial charge >= 0.3 is 0 Å². The number of anilines is 1. The normalized spacial score (nSPS) is 12.7. The summed E-state index contributed by atoms with van der Waals surface area (Å²) in [6, 6.07) is 1.86. The highest BCUT2D eigenvalue weighted by Gasteiger charge is 2.19. The number of carbonyl (C=O) groups excluding carboxylic acids is 1. The second-order valence-electron chi connectivity index (χ2n) is 6.97. The Bertz CT molecular complexity index is 894. The Morgan fingerprint density at radius 1 is 1.32 bits per heavy atom. The van der Waals surface area contributed by atoms with Crippen molar-refractivity contribution < 1.29 is 4.79 Å². The summed E-state index contributed by atoms with van der Waals surface area (Å²) in [5, 5.41) is 7.53. The van der Waals surface area contributed by atoms with Gasteiger partial charge in [-0.05, 0) is 31.2 Å². The van der Waals surface area contributed by atoms with Gasteiger partial charge in [-0.25, -0.2) is 9.97 Å². The molecule has 7 nitrogen and oxygen atoms in total. The van der Waals surface area contributed by atoms with Gasteiger partial charge in [0.25, 0.3) is 0 Å². The van der Waals surface area contributed by atoms with Gasteiger partial charge < -0.3 is 9.88 Å². The average Bonchev–Trinajstić information content (AvgIpc) is 3.17. The topological polar surface area (TPSA) is 90.6 Å². The number of hydrogen-bond donors (Lipinski definition) is 2. The van der Waals surface area contributed by atoms with E-state index in [1.54, 1.807) is 13.2 Å². The van der Waals surface area contributed by atoms with Crippen molar-refractivity contribution in [2.45, 2.75) is 34.1 Å². The van der Waals surface area contributed by atoms with Crippen LogP contribution in [0.5, 0.6) is 0 Å². The molecule has 0 aliphatic heterocycles. The monoisotopic (exact) mass is 340 g/mol. The number of amides is 1. The molecule has 7 heteroatoms. The quantitative estimate of drug-likeness (QED) is 0.675. The molecular formula is C18H24N6O. The second kappa shape index (κ2) is 6.66. The molecule has 0 spiro atoms. The first-order valence-electron chi connectivity index (χ1n) is 8.48. The summed E-state index contributed by atoms with van der Waals surface area (Å²) in [7, 11) is 1.69. The maximum absolute atomic E-state index is 10.9. The average molecular weight is 340 g/mol. The van der Waals surface area contributed by atoms with Gasteiger partial charge in [-0.15, -0.1) is 0 Å². The fourth-order valence-corrected chi connectivity index (χ4v) is 2.71. The minimum absolute atomic E-state index is 0.547. The van der Waals surface area contributed by atoms with Crippen molar-refractivity contribution in [1.82, 2.24) is 25.1 Å². The van der Waals surface area contributed by atoms with Gasteiger partial charge in [-0.3, -0.25) is 9.89 Å². The third kappa shape index (κ3) is 3.26. The van der Waals surface area contributed by atoms with Crippen LogP contribution in [0.2, 0.25) is 0 Å². The van der Waals surface area contributed by atoms with Crippen molar-refractivity contribution >= 4 is 23.3 Å². The molecule has 3 rings (SSSR count). The highest BCUT2D eigenvalue weighted by atomic mass is 16.1. The van der Waals surface area contributed by atoms with Crippen LogP contribution in [0.4, 0.5) is 5.69 Å². The van der Waals surface area contributed by atoms with E-state index in [0.29, 0.717) is 29.0 Å². The van der Waals surface area contributed by atoms with Crippen molar-refractivity contribution in [3.63, 3.8) is 0 Å². The molecule has 2 N–H and O–H groups in total. The van der Waals surface area contributed by atoms with Crippen molar-refractivity contribution in [2.75, 3.05) is 11.9 Å². The summed E-state index contributed by atoms with van der Waals surface area (Å²) in [5.41, 5.74) is 5.20. The lowest BCUT2D eigenvalue weighted by Crippen LogP contribution is -2.13. The van der Waals surface area contributed by atoms with Crippen LogP contribution in [0.25, 0.3) is 22.7 Å². The van der Waals surface area contributed by atoms with E-state index >= 15 is 0 Å². The third-order valence-corrected chi connectivity index (χ3v) is 4.85. The first kappa shape index (κ1) is 17.1. The predicted octanol–water partition coefficient (Wildman–Crippen LogP) is 3.08. The number of nitrogens with one attached hydrogen (secondary N) is 2. The van der Waals surface area contributed by atoms with Crippen molar-refractivity contribution in [3.05, 3.63) is 23.5 Å². The van der Waals surface area contributed by atoms with Gasteiger partial charge in [-0.2, -0.15) is 5.10 Å². The molecule has 0 fully saturated rings. The number of aryl methyl sites for hydroxylation is 1. The first-order chi connectivity index (χ1) is 11.9. The smallest absolute Gasteiger partial charge is 0.213 e. The number of fused-ring (bicyclic) bond motifs is 1. The highest BCUT2D eigenvalue weighted by molar-refractivity contribution is 5.83. The Morgan fingerprint density at radius 3 is 2.76 bits per heavy atom. The lowest BCUT2D eigenvalue weighted by atomic mass is 9.90. The van der Waals surface area contributed by atoms with Crippen LogP contribution in [0.15, 0.2) is 12.3 Å². The molecule has 132 valence electrons. The number of imidazole rings is 1. The molecule has 3 heterocycles. The van der Waals surface area contributed by atoms with E-state index in [1.807, 2.05) is 13.0 Å². The van der Waals surface area contributed by atoms with E-state index in [0.717, 1.165) is 29.7 Å². The van der Waals surface area contributed by atoms with Gasteiger partial charge in [0.2, 0.25) is 6.41 Å². The van der Waals surface area contributed by atoms with Gasteiger partial charge in [0.1, 0.15) is 5.69 Å². The molecule has 0 aliphatic carbocycles. The molecular weight excluding hydrogens is 316 g/mol. The molecule has 1 atom stereocenters. The van der Waals surface area contributed by atoms with Crippen molar-refractivity contribution in [3.8, 4) is 11.5 Å². The summed E-state index contributed by atoms with van der Waals surface area (Å²) in [6.07, 6.45) is 3.33. The van der Waals surface area contributed by atoms with Gasteiger partial charge in [0, 0.05) is 18.3 Å². The fourth-order valence-electron chi connectivity index (χ4n) is 2.71. The number of rotatable bonds is 6. The van der Waals surface area contributed by atoms with Gasteiger partial charge in [0.15, 0.2) is 11.5 Å². The Labute approximate surface area is 146 Å². The Hall–Kier alpha value is -2.70. The van der Waals surface area contributed by atoms with Crippen LogP contribution in [-0.2, 0) is 11.2 Å². The number of aromatic nitrogens is 5. The second-order valence-corrected chi connectivity index (χ2v) is 6.97. The van der Waals surface area contributed by atoms with Gasteiger partial charge in [-0.1, -0.05) is 20.8 Å². The zero-order chi connectivity index (χ0) is 18.1. The van der Waals surface area contributed by atoms with Crippen LogP contribution in [0, 0.1) is 18.8 Å². The molecule has 0 saturated heterocycles.